The van der Waals surface area contributed by atoms with Gasteiger partial charge in [0.05, 0.1) is 6.61 Å². The summed E-state index contributed by atoms with van der Waals surface area (Å²) in [5.74, 6) is 5.83. The van der Waals surface area contributed by atoms with E-state index in [2.05, 4.69) is 19.8 Å². The van der Waals surface area contributed by atoms with Gasteiger partial charge in [0.15, 0.2) is 23.2 Å². The highest BCUT2D eigenvalue weighted by Crippen LogP contribution is 2.33. The zero-order valence-corrected chi connectivity index (χ0v) is 14.1. The van der Waals surface area contributed by atoms with Crippen LogP contribution in [0.25, 0.3) is 11.2 Å². The highest BCUT2D eigenvalue weighted by molar-refractivity contribution is 5.81. The zero-order chi connectivity index (χ0) is 18.1. The summed E-state index contributed by atoms with van der Waals surface area (Å²) >= 11 is 0. The number of aryl methyl sites for hydroxylation is 1. The van der Waals surface area contributed by atoms with Gasteiger partial charge >= 0.3 is 0 Å². The van der Waals surface area contributed by atoms with Gasteiger partial charge in [0.25, 0.3) is 0 Å². The topological polar surface area (TPSA) is 158 Å². The molecule has 0 amide bonds. The molecule has 4 atom stereocenters. The van der Waals surface area contributed by atoms with Gasteiger partial charge in [0, 0.05) is 13.1 Å². The van der Waals surface area contributed by atoms with Crippen molar-refractivity contribution in [2.45, 2.75) is 31.5 Å². The number of hydrogen-bond donors (Lipinski definition) is 4. The monoisotopic (exact) mass is 353 g/mol. The molecule has 1 aliphatic heterocycles. The number of ether oxygens (including phenoxy) is 1. The van der Waals surface area contributed by atoms with Crippen LogP contribution in [0.15, 0.2) is 6.33 Å². The van der Waals surface area contributed by atoms with E-state index in [0.29, 0.717) is 36.7 Å². The number of aliphatic hydroxyl groups excluding tert-OH is 2. The number of imidazole rings is 1. The number of hydrogen-bond acceptors (Lipinski definition) is 10. The molecule has 0 bridgehead atoms. The molecule has 3 heterocycles. The van der Waals surface area contributed by atoms with Crippen molar-refractivity contribution in [2.24, 2.45) is 5.90 Å². The minimum Gasteiger partial charge on any atom is -0.387 e. The fourth-order valence-electron chi connectivity index (χ4n) is 3.04. The Kier molecular flexibility index (Phi) is 5.13. The van der Waals surface area contributed by atoms with Crippen molar-refractivity contribution in [1.29, 1.82) is 0 Å². The van der Waals surface area contributed by atoms with E-state index < -0.39 is 24.5 Å². The molecule has 6 N–H and O–H groups in total. The maximum absolute atomic E-state index is 10.5. The fraction of sp³-hybridized carbons (Fsp3) is 0.643. The average molecular weight is 353 g/mol. The van der Waals surface area contributed by atoms with Gasteiger partial charge in [0.1, 0.15) is 30.5 Å². The molecule has 25 heavy (non-hydrogen) atoms. The van der Waals surface area contributed by atoms with Gasteiger partial charge in [-0.05, 0) is 14.0 Å². The number of nitrogens with zero attached hydrogens (tertiary/aromatic N) is 5. The number of likely N-dealkylation sites (N-methyl/N-ethyl adjacent to an activating group) is 1. The third-order valence-electron chi connectivity index (χ3n) is 4.36. The van der Waals surface area contributed by atoms with Crippen LogP contribution in [0.5, 0.6) is 0 Å². The molecule has 11 heteroatoms. The van der Waals surface area contributed by atoms with Crippen LogP contribution in [0.2, 0.25) is 0 Å². The number of aliphatic hydroxyl groups is 2. The SMILES string of the molecule is Cc1nc2c(N)ncnc2n1[C@@H]1O[C@H](CN(C)CCON)[C@@H](O)[C@H]1O. The van der Waals surface area contributed by atoms with Gasteiger partial charge < -0.3 is 30.4 Å². The summed E-state index contributed by atoms with van der Waals surface area (Å²) in [5.41, 5.74) is 6.72. The number of nitrogens with two attached hydrogens (primary N) is 2. The molecule has 0 radical (unpaired) electrons. The quantitative estimate of drug-likeness (QED) is 0.435. The first kappa shape index (κ1) is 17.9. The summed E-state index contributed by atoms with van der Waals surface area (Å²) in [5, 5.41) is 20.9. The molecule has 0 unspecified atom stereocenters. The van der Waals surface area contributed by atoms with Crippen molar-refractivity contribution in [1.82, 2.24) is 24.4 Å². The van der Waals surface area contributed by atoms with Crippen molar-refractivity contribution in [3.63, 3.8) is 0 Å². The molecule has 11 nitrogen and oxygen atoms in total. The summed E-state index contributed by atoms with van der Waals surface area (Å²) < 4.78 is 7.55. The summed E-state index contributed by atoms with van der Waals surface area (Å²) in [6, 6.07) is 0. The highest BCUT2D eigenvalue weighted by Gasteiger charge is 2.45. The van der Waals surface area contributed by atoms with Gasteiger partial charge in [-0.3, -0.25) is 4.57 Å². The fourth-order valence-corrected chi connectivity index (χ4v) is 3.04. The molecule has 1 aliphatic rings. The third kappa shape index (κ3) is 3.29. The van der Waals surface area contributed by atoms with Crippen LogP contribution in [0.3, 0.4) is 0 Å². The lowest BCUT2D eigenvalue weighted by atomic mass is 10.1. The molecule has 0 aliphatic carbocycles. The minimum absolute atomic E-state index is 0.248. The Labute approximate surface area is 144 Å². The van der Waals surface area contributed by atoms with Crippen LogP contribution in [0.1, 0.15) is 12.1 Å². The maximum atomic E-state index is 10.5. The van der Waals surface area contributed by atoms with Crippen LogP contribution in [-0.2, 0) is 9.57 Å². The van der Waals surface area contributed by atoms with E-state index in [1.165, 1.54) is 6.33 Å². The van der Waals surface area contributed by atoms with Gasteiger partial charge in [-0.2, -0.15) is 0 Å². The van der Waals surface area contributed by atoms with Gasteiger partial charge in [-0.1, -0.05) is 0 Å². The van der Waals surface area contributed by atoms with Gasteiger partial charge in [-0.15, -0.1) is 0 Å². The van der Waals surface area contributed by atoms with E-state index in [4.69, 9.17) is 16.4 Å². The highest BCUT2D eigenvalue weighted by atomic mass is 16.6. The first-order valence-corrected chi connectivity index (χ1v) is 7.91. The van der Waals surface area contributed by atoms with Gasteiger partial charge in [-0.25, -0.2) is 20.8 Å². The Morgan fingerprint density at radius 2 is 2.12 bits per heavy atom. The molecular formula is C14H23N7O4. The van der Waals surface area contributed by atoms with Crippen LogP contribution < -0.4 is 11.6 Å². The lowest BCUT2D eigenvalue weighted by Crippen LogP contribution is -2.39. The second kappa shape index (κ2) is 7.15. The van der Waals surface area contributed by atoms with Crippen molar-refractivity contribution in [3.8, 4) is 0 Å². The maximum Gasteiger partial charge on any atom is 0.167 e. The number of rotatable bonds is 6. The Balaban J connectivity index is 1.84. The zero-order valence-electron chi connectivity index (χ0n) is 14.1. The Morgan fingerprint density at radius 1 is 1.36 bits per heavy atom. The van der Waals surface area contributed by atoms with Crippen molar-refractivity contribution in [2.75, 3.05) is 32.5 Å². The summed E-state index contributed by atoms with van der Waals surface area (Å²) in [6.07, 6.45) is -2.26. The number of anilines is 1. The number of aromatic nitrogens is 4. The summed E-state index contributed by atoms with van der Waals surface area (Å²) in [4.78, 5) is 18.9. The molecule has 0 spiro atoms. The Bertz CT molecular complexity index is 739. The predicted molar refractivity (Wildman–Crippen MR) is 88.0 cm³/mol. The lowest BCUT2D eigenvalue weighted by Gasteiger charge is -2.22. The third-order valence-corrected chi connectivity index (χ3v) is 4.36. The van der Waals surface area contributed by atoms with E-state index in [9.17, 15) is 10.2 Å². The van der Waals surface area contributed by atoms with Gasteiger partial charge in [0.2, 0.25) is 0 Å². The molecule has 138 valence electrons. The van der Waals surface area contributed by atoms with Crippen molar-refractivity contribution >= 4 is 17.0 Å². The first-order chi connectivity index (χ1) is 11.9. The molecule has 1 fully saturated rings. The summed E-state index contributed by atoms with van der Waals surface area (Å²) in [6.45, 7) is 3.08. The number of nitrogen functional groups attached to an aromatic ring is 1. The smallest absolute Gasteiger partial charge is 0.167 e. The van der Waals surface area contributed by atoms with Crippen LogP contribution in [0.4, 0.5) is 5.82 Å². The van der Waals surface area contributed by atoms with Crippen LogP contribution in [0, 0.1) is 6.92 Å². The molecular weight excluding hydrogens is 330 g/mol. The molecule has 2 aromatic rings. The first-order valence-electron chi connectivity index (χ1n) is 7.91. The van der Waals surface area contributed by atoms with E-state index >= 15 is 0 Å². The average Bonchev–Trinajstić information content (AvgIpc) is 3.05. The normalized spacial score (nSPS) is 26.8. The van der Waals surface area contributed by atoms with Crippen molar-refractivity contribution in [3.05, 3.63) is 12.2 Å². The molecule has 3 rings (SSSR count). The second-order valence-electron chi connectivity index (χ2n) is 6.14. The molecule has 0 aromatic carbocycles. The largest absolute Gasteiger partial charge is 0.387 e. The second-order valence-corrected chi connectivity index (χ2v) is 6.14. The predicted octanol–water partition coefficient (Wildman–Crippen LogP) is -1.84. The van der Waals surface area contributed by atoms with E-state index in [1.807, 2.05) is 11.9 Å². The van der Waals surface area contributed by atoms with Crippen LogP contribution in [-0.4, -0.2) is 79.7 Å². The summed E-state index contributed by atoms with van der Waals surface area (Å²) in [7, 11) is 1.85. The van der Waals surface area contributed by atoms with Crippen LogP contribution >= 0.6 is 0 Å². The number of fused-ring (bicyclic) bond motifs is 1. The Hall–Kier alpha value is -1.89. The molecule has 2 aromatic heterocycles. The standard InChI is InChI=1S/C14H23N7O4/c1-7-19-9-12(15)17-6-18-13(9)21(7)14-11(23)10(22)8(25-14)5-20(2)3-4-24-16/h6,8,10-11,14,22-23H,3-5,16H2,1-2H3,(H2,15,17,18)/t8-,10-,11-,14-/m1/s1. The van der Waals surface area contributed by atoms with E-state index in [1.54, 1.807) is 11.5 Å². The van der Waals surface area contributed by atoms with E-state index in [-0.39, 0.29) is 5.82 Å². The van der Waals surface area contributed by atoms with Crippen molar-refractivity contribution < 1.29 is 19.8 Å². The molecule has 0 saturated carbocycles. The molecule has 1 saturated heterocycles. The minimum atomic E-state index is -1.13. The Morgan fingerprint density at radius 3 is 2.84 bits per heavy atom. The lowest BCUT2D eigenvalue weighted by molar-refractivity contribution is -0.0445. The van der Waals surface area contributed by atoms with E-state index in [0.717, 1.165) is 0 Å².